The van der Waals surface area contributed by atoms with Crippen molar-refractivity contribution in [1.82, 2.24) is 4.90 Å². The Morgan fingerprint density at radius 2 is 1.81 bits per heavy atom. The number of hydrogen-bond donors (Lipinski definition) is 1. The fourth-order valence-corrected chi connectivity index (χ4v) is 2.33. The SMILES string of the molecule is Cc1ccc(C(=O)N(C)C(C)c2ccc(Cl)cc2)c(N)c1. The Hall–Kier alpha value is -2.00. The zero-order valence-corrected chi connectivity index (χ0v) is 13.2. The molecule has 110 valence electrons. The molecule has 0 radical (unpaired) electrons. The lowest BCUT2D eigenvalue weighted by molar-refractivity contribution is 0.0743. The number of nitrogens with two attached hydrogens (primary N) is 1. The number of aryl methyl sites for hydroxylation is 1. The first-order valence-electron chi connectivity index (χ1n) is 6.79. The molecule has 3 nitrogen and oxygen atoms in total. The molecule has 0 aromatic heterocycles. The van der Waals surface area contributed by atoms with Gasteiger partial charge in [-0.1, -0.05) is 29.8 Å². The number of anilines is 1. The van der Waals surface area contributed by atoms with Gasteiger partial charge in [-0.15, -0.1) is 0 Å². The van der Waals surface area contributed by atoms with Gasteiger partial charge >= 0.3 is 0 Å². The van der Waals surface area contributed by atoms with Crippen molar-refractivity contribution in [2.24, 2.45) is 0 Å². The van der Waals surface area contributed by atoms with Gasteiger partial charge in [-0.3, -0.25) is 4.79 Å². The molecule has 2 N–H and O–H groups in total. The standard InChI is InChI=1S/C17H19ClN2O/c1-11-4-9-15(16(19)10-11)17(21)20(3)12(2)13-5-7-14(18)8-6-13/h4-10,12H,19H2,1-3H3. The highest BCUT2D eigenvalue weighted by atomic mass is 35.5. The van der Waals surface area contributed by atoms with Crippen molar-refractivity contribution < 1.29 is 4.79 Å². The molecule has 0 saturated heterocycles. The molecule has 0 fully saturated rings. The van der Waals surface area contributed by atoms with Gasteiger partial charge in [0, 0.05) is 17.8 Å². The van der Waals surface area contributed by atoms with Gasteiger partial charge in [0.2, 0.25) is 0 Å². The molecule has 0 bridgehead atoms. The molecule has 0 spiro atoms. The average Bonchev–Trinajstić information content (AvgIpc) is 2.46. The first-order valence-corrected chi connectivity index (χ1v) is 7.16. The lowest BCUT2D eigenvalue weighted by Crippen LogP contribution is -2.30. The Kier molecular flexibility index (Phi) is 4.53. The van der Waals surface area contributed by atoms with E-state index in [1.54, 1.807) is 18.0 Å². The van der Waals surface area contributed by atoms with Crippen LogP contribution in [-0.2, 0) is 0 Å². The highest BCUT2D eigenvalue weighted by Gasteiger charge is 2.20. The summed E-state index contributed by atoms with van der Waals surface area (Å²) in [6, 6.07) is 12.9. The number of carbonyl (C=O) groups excluding carboxylic acids is 1. The van der Waals surface area contributed by atoms with E-state index in [0.29, 0.717) is 16.3 Å². The maximum atomic E-state index is 12.6. The van der Waals surface area contributed by atoms with Crippen LogP contribution in [0.2, 0.25) is 5.02 Å². The van der Waals surface area contributed by atoms with Crippen LogP contribution in [-0.4, -0.2) is 17.9 Å². The highest BCUT2D eigenvalue weighted by molar-refractivity contribution is 6.30. The minimum atomic E-state index is -0.0880. The number of halogens is 1. The summed E-state index contributed by atoms with van der Waals surface area (Å²) < 4.78 is 0. The molecule has 0 aliphatic heterocycles. The monoisotopic (exact) mass is 302 g/mol. The number of amides is 1. The quantitative estimate of drug-likeness (QED) is 0.869. The van der Waals surface area contributed by atoms with Crippen LogP contribution < -0.4 is 5.73 Å². The predicted molar refractivity (Wildman–Crippen MR) is 87.6 cm³/mol. The maximum absolute atomic E-state index is 12.6. The molecule has 2 rings (SSSR count). The molecule has 0 saturated carbocycles. The lowest BCUT2D eigenvalue weighted by atomic mass is 10.0. The van der Waals surface area contributed by atoms with Crippen LogP contribution in [0.25, 0.3) is 0 Å². The molecule has 4 heteroatoms. The van der Waals surface area contributed by atoms with Crippen LogP contribution in [0.1, 0.15) is 34.5 Å². The molecule has 0 heterocycles. The second-order valence-electron chi connectivity index (χ2n) is 5.23. The molecular weight excluding hydrogens is 284 g/mol. The topological polar surface area (TPSA) is 46.3 Å². The molecular formula is C17H19ClN2O. The van der Waals surface area contributed by atoms with Crippen molar-refractivity contribution >= 4 is 23.2 Å². The second-order valence-corrected chi connectivity index (χ2v) is 5.67. The van der Waals surface area contributed by atoms with Crippen LogP contribution in [0, 0.1) is 6.92 Å². The molecule has 1 unspecified atom stereocenters. The van der Waals surface area contributed by atoms with E-state index in [1.807, 2.05) is 50.2 Å². The summed E-state index contributed by atoms with van der Waals surface area (Å²) >= 11 is 5.89. The largest absolute Gasteiger partial charge is 0.398 e. The van der Waals surface area contributed by atoms with E-state index >= 15 is 0 Å². The van der Waals surface area contributed by atoms with E-state index in [0.717, 1.165) is 11.1 Å². The molecule has 2 aromatic rings. The molecule has 1 atom stereocenters. The van der Waals surface area contributed by atoms with Gasteiger partial charge in [0.05, 0.1) is 11.6 Å². The fraction of sp³-hybridized carbons (Fsp3) is 0.235. The predicted octanol–water partition coefficient (Wildman–Crippen LogP) is 4.06. The third kappa shape index (κ3) is 3.37. The minimum absolute atomic E-state index is 0.0598. The Labute approximate surface area is 130 Å². The van der Waals surface area contributed by atoms with Crippen LogP contribution in [0.3, 0.4) is 0 Å². The Bertz CT molecular complexity index is 652. The van der Waals surface area contributed by atoms with Gasteiger partial charge in [-0.25, -0.2) is 0 Å². The Morgan fingerprint density at radius 1 is 1.19 bits per heavy atom. The lowest BCUT2D eigenvalue weighted by Gasteiger charge is -2.26. The van der Waals surface area contributed by atoms with Gasteiger partial charge in [0.15, 0.2) is 0 Å². The van der Waals surface area contributed by atoms with Crippen molar-refractivity contribution in [3.8, 4) is 0 Å². The summed E-state index contributed by atoms with van der Waals surface area (Å²) in [6.45, 7) is 3.93. The van der Waals surface area contributed by atoms with Gasteiger partial charge in [-0.05, 0) is 49.2 Å². The summed E-state index contributed by atoms with van der Waals surface area (Å²) in [6.07, 6.45) is 0. The smallest absolute Gasteiger partial charge is 0.256 e. The third-order valence-electron chi connectivity index (χ3n) is 3.69. The summed E-state index contributed by atoms with van der Waals surface area (Å²) in [5, 5.41) is 0.683. The number of hydrogen-bond acceptors (Lipinski definition) is 2. The Morgan fingerprint density at radius 3 is 2.38 bits per heavy atom. The fourth-order valence-electron chi connectivity index (χ4n) is 2.21. The molecule has 2 aromatic carbocycles. The molecule has 0 aliphatic carbocycles. The van der Waals surface area contributed by atoms with Crippen molar-refractivity contribution in [2.75, 3.05) is 12.8 Å². The van der Waals surface area contributed by atoms with Crippen molar-refractivity contribution in [1.29, 1.82) is 0 Å². The number of benzene rings is 2. The number of rotatable bonds is 3. The van der Waals surface area contributed by atoms with Gasteiger partial charge in [0.1, 0.15) is 0 Å². The normalized spacial score (nSPS) is 12.0. The summed E-state index contributed by atoms with van der Waals surface area (Å²) in [7, 11) is 1.78. The first kappa shape index (κ1) is 15.4. The number of carbonyl (C=O) groups is 1. The summed E-state index contributed by atoms with van der Waals surface area (Å²) in [5.74, 6) is -0.0880. The highest BCUT2D eigenvalue weighted by Crippen LogP contribution is 2.24. The van der Waals surface area contributed by atoms with Gasteiger partial charge < -0.3 is 10.6 Å². The Balaban J connectivity index is 2.24. The maximum Gasteiger partial charge on any atom is 0.256 e. The van der Waals surface area contributed by atoms with Crippen LogP contribution >= 0.6 is 11.6 Å². The van der Waals surface area contributed by atoms with Crippen molar-refractivity contribution in [3.05, 3.63) is 64.2 Å². The second kappa shape index (κ2) is 6.19. The van der Waals surface area contributed by atoms with Crippen LogP contribution in [0.5, 0.6) is 0 Å². The zero-order valence-electron chi connectivity index (χ0n) is 12.4. The van der Waals surface area contributed by atoms with E-state index in [4.69, 9.17) is 17.3 Å². The number of nitrogens with zero attached hydrogens (tertiary/aromatic N) is 1. The minimum Gasteiger partial charge on any atom is -0.398 e. The van der Waals surface area contributed by atoms with E-state index in [1.165, 1.54) is 0 Å². The summed E-state index contributed by atoms with van der Waals surface area (Å²) in [4.78, 5) is 14.3. The summed E-state index contributed by atoms with van der Waals surface area (Å²) in [5.41, 5.74) is 9.06. The molecule has 1 amide bonds. The van der Waals surface area contributed by atoms with E-state index in [9.17, 15) is 4.79 Å². The van der Waals surface area contributed by atoms with E-state index in [2.05, 4.69) is 0 Å². The van der Waals surface area contributed by atoms with Crippen LogP contribution in [0.4, 0.5) is 5.69 Å². The van der Waals surface area contributed by atoms with Crippen LogP contribution in [0.15, 0.2) is 42.5 Å². The average molecular weight is 303 g/mol. The first-order chi connectivity index (χ1) is 9.90. The van der Waals surface area contributed by atoms with Gasteiger partial charge in [-0.2, -0.15) is 0 Å². The number of nitrogen functional groups attached to an aromatic ring is 1. The van der Waals surface area contributed by atoms with Crippen molar-refractivity contribution in [3.63, 3.8) is 0 Å². The van der Waals surface area contributed by atoms with Crippen molar-refractivity contribution in [2.45, 2.75) is 19.9 Å². The third-order valence-corrected chi connectivity index (χ3v) is 3.94. The van der Waals surface area contributed by atoms with E-state index in [-0.39, 0.29) is 11.9 Å². The van der Waals surface area contributed by atoms with Gasteiger partial charge in [0.25, 0.3) is 5.91 Å². The van der Waals surface area contributed by atoms with E-state index < -0.39 is 0 Å². The molecule has 0 aliphatic rings. The molecule has 21 heavy (non-hydrogen) atoms. The zero-order chi connectivity index (χ0) is 15.6.